The van der Waals surface area contributed by atoms with E-state index in [4.69, 9.17) is 4.74 Å². The van der Waals surface area contributed by atoms with E-state index in [-0.39, 0.29) is 11.5 Å². The van der Waals surface area contributed by atoms with E-state index in [1.807, 2.05) is 6.07 Å². The molecule has 0 bridgehead atoms. The summed E-state index contributed by atoms with van der Waals surface area (Å²) in [5, 5.41) is -0.0942. The van der Waals surface area contributed by atoms with Gasteiger partial charge in [0, 0.05) is 47.3 Å². The molecule has 0 spiro atoms. The van der Waals surface area contributed by atoms with Crippen molar-refractivity contribution in [3.05, 3.63) is 53.9 Å². The van der Waals surface area contributed by atoms with Crippen LogP contribution in [0.5, 0.6) is 5.75 Å². The van der Waals surface area contributed by atoms with Gasteiger partial charge in [0.05, 0.1) is 18.6 Å². The smallest absolute Gasteiger partial charge is 0.237 e. The van der Waals surface area contributed by atoms with Crippen LogP contribution in [-0.4, -0.2) is 60.7 Å². The molecule has 0 radical (unpaired) electrons. The summed E-state index contributed by atoms with van der Waals surface area (Å²) in [6.07, 6.45) is 7.04. The van der Waals surface area contributed by atoms with Gasteiger partial charge >= 0.3 is 0 Å². The van der Waals surface area contributed by atoms with Gasteiger partial charge in [-0.05, 0) is 75.8 Å². The van der Waals surface area contributed by atoms with Crippen molar-refractivity contribution in [2.24, 2.45) is 5.92 Å². The third-order valence-corrected chi connectivity index (χ3v) is 9.80. The zero-order valence-corrected chi connectivity index (χ0v) is 23.7. The van der Waals surface area contributed by atoms with Crippen LogP contribution >= 0.6 is 0 Å². The van der Waals surface area contributed by atoms with E-state index in [0.717, 1.165) is 49.8 Å². The summed E-state index contributed by atoms with van der Waals surface area (Å²) in [6.45, 7) is 4.67. The second-order valence-electron chi connectivity index (χ2n) is 10.8. The zero-order chi connectivity index (χ0) is 28.6. The van der Waals surface area contributed by atoms with Crippen LogP contribution in [0.15, 0.2) is 36.5 Å². The standard InChI is InChI=1S/C29H34F2N4O4S/c1-17(2)40(37,38)34-29(36)19-4-7-21(8-5-19)35-12-10-18(11-13-35)25-15-23-27(24(31)16-32-28(23)33-25)22-14-20(30)6-9-26(22)39-3/h6,9-10,14-17,19,21H,4-5,7-8,11-13H2,1-3H3,(H,32,33)(H,34,36)/t19-,21-. The first-order chi connectivity index (χ1) is 19.1. The summed E-state index contributed by atoms with van der Waals surface area (Å²) in [4.78, 5) is 22.4. The van der Waals surface area contributed by atoms with Gasteiger partial charge in [-0.1, -0.05) is 6.08 Å². The predicted octanol–water partition coefficient (Wildman–Crippen LogP) is 5.02. The second kappa shape index (κ2) is 11.3. The van der Waals surface area contributed by atoms with Crippen LogP contribution < -0.4 is 9.46 Å². The summed E-state index contributed by atoms with van der Waals surface area (Å²) < 4.78 is 60.8. The maximum Gasteiger partial charge on any atom is 0.237 e. The second-order valence-corrected chi connectivity index (χ2v) is 13.0. The number of hydrogen-bond donors (Lipinski definition) is 2. The van der Waals surface area contributed by atoms with Gasteiger partial charge in [0.1, 0.15) is 23.0 Å². The molecular formula is C29H34F2N4O4S. The lowest BCUT2D eigenvalue weighted by atomic mass is 9.84. The number of nitrogens with zero attached hydrogens (tertiary/aromatic N) is 2. The Labute approximate surface area is 232 Å². The molecule has 1 fully saturated rings. The first kappa shape index (κ1) is 28.2. The molecule has 0 unspecified atom stereocenters. The lowest BCUT2D eigenvalue weighted by Crippen LogP contribution is -2.44. The highest BCUT2D eigenvalue weighted by Crippen LogP contribution is 2.39. The molecule has 214 valence electrons. The molecule has 0 saturated heterocycles. The maximum atomic E-state index is 15.0. The first-order valence-electron chi connectivity index (χ1n) is 13.6. The molecule has 11 heteroatoms. The van der Waals surface area contributed by atoms with E-state index in [1.54, 1.807) is 13.8 Å². The van der Waals surface area contributed by atoms with Crippen LogP contribution in [-0.2, 0) is 14.8 Å². The largest absolute Gasteiger partial charge is 0.496 e. The molecular weight excluding hydrogens is 538 g/mol. The number of H-pyrrole nitrogens is 1. The summed E-state index contributed by atoms with van der Waals surface area (Å²) in [5.41, 5.74) is 3.02. The molecule has 40 heavy (non-hydrogen) atoms. The highest BCUT2D eigenvalue weighted by atomic mass is 32.2. The highest BCUT2D eigenvalue weighted by Gasteiger charge is 2.32. The van der Waals surface area contributed by atoms with Crippen molar-refractivity contribution in [3.8, 4) is 16.9 Å². The molecule has 2 aliphatic rings. The minimum atomic E-state index is -3.62. The molecule has 3 aromatic rings. The Balaban J connectivity index is 1.28. The number of aromatic amines is 1. The summed E-state index contributed by atoms with van der Waals surface area (Å²) in [6, 6.07) is 6.22. The molecule has 3 heterocycles. The molecule has 8 nitrogen and oxygen atoms in total. The SMILES string of the molecule is COc1ccc(F)cc1-c1c(F)cnc2[nH]c(C3=CCN([C@H]4CC[C@H](C(=O)NS(=O)(=O)C(C)C)CC4)CC3)cc12. The average Bonchev–Trinajstić information content (AvgIpc) is 3.37. The molecule has 1 saturated carbocycles. The zero-order valence-electron chi connectivity index (χ0n) is 22.8. The van der Waals surface area contributed by atoms with Gasteiger partial charge in [0.15, 0.2) is 0 Å². The molecule has 2 aromatic heterocycles. The van der Waals surface area contributed by atoms with Crippen molar-refractivity contribution >= 4 is 32.5 Å². The van der Waals surface area contributed by atoms with Gasteiger partial charge in [0.2, 0.25) is 15.9 Å². The molecule has 1 amide bonds. The first-order valence-corrected chi connectivity index (χ1v) is 15.1. The van der Waals surface area contributed by atoms with Crippen LogP contribution in [0.2, 0.25) is 0 Å². The third-order valence-electron chi connectivity index (χ3n) is 8.08. The lowest BCUT2D eigenvalue weighted by molar-refractivity contribution is -0.124. The van der Waals surface area contributed by atoms with E-state index in [0.29, 0.717) is 41.2 Å². The summed E-state index contributed by atoms with van der Waals surface area (Å²) in [5.74, 6) is -1.35. The van der Waals surface area contributed by atoms with Gasteiger partial charge in [-0.2, -0.15) is 0 Å². The average molecular weight is 573 g/mol. The number of hydrogen-bond acceptors (Lipinski definition) is 6. The van der Waals surface area contributed by atoms with Crippen LogP contribution in [0.25, 0.3) is 27.7 Å². The Bertz CT molecular complexity index is 1560. The predicted molar refractivity (Wildman–Crippen MR) is 150 cm³/mol. The highest BCUT2D eigenvalue weighted by molar-refractivity contribution is 7.90. The fourth-order valence-electron chi connectivity index (χ4n) is 5.68. The summed E-state index contributed by atoms with van der Waals surface area (Å²) >= 11 is 0. The molecule has 0 atom stereocenters. The van der Waals surface area contributed by atoms with E-state index in [2.05, 4.69) is 25.7 Å². The number of nitrogens with one attached hydrogen (secondary N) is 2. The molecule has 1 aliphatic heterocycles. The number of benzene rings is 1. The van der Waals surface area contributed by atoms with Gasteiger partial charge in [-0.3, -0.25) is 14.4 Å². The number of rotatable bonds is 7. The number of ether oxygens (including phenoxy) is 1. The molecule has 2 N–H and O–H groups in total. The Hall–Kier alpha value is -3.31. The van der Waals surface area contributed by atoms with Crippen molar-refractivity contribution in [2.75, 3.05) is 20.2 Å². The van der Waals surface area contributed by atoms with Crippen molar-refractivity contribution in [3.63, 3.8) is 0 Å². The van der Waals surface area contributed by atoms with Crippen LogP contribution in [0.4, 0.5) is 8.78 Å². The van der Waals surface area contributed by atoms with E-state index < -0.39 is 32.8 Å². The van der Waals surface area contributed by atoms with Gasteiger partial charge < -0.3 is 9.72 Å². The van der Waals surface area contributed by atoms with E-state index in [1.165, 1.54) is 25.3 Å². The maximum absolute atomic E-state index is 15.0. The molecule has 5 rings (SSSR count). The minimum absolute atomic E-state index is 0.240. The van der Waals surface area contributed by atoms with Crippen molar-refractivity contribution in [1.29, 1.82) is 0 Å². The van der Waals surface area contributed by atoms with Gasteiger partial charge in [0.25, 0.3) is 0 Å². The number of methoxy groups -OCH3 is 1. The Morgan fingerprint density at radius 3 is 2.58 bits per heavy atom. The minimum Gasteiger partial charge on any atom is -0.496 e. The van der Waals surface area contributed by atoms with Crippen molar-refractivity contribution in [2.45, 2.75) is 57.2 Å². The number of sulfonamides is 1. The normalized spacial score (nSPS) is 20.5. The van der Waals surface area contributed by atoms with Crippen LogP contribution in [0, 0.1) is 17.6 Å². The number of fused-ring (bicyclic) bond motifs is 1. The van der Waals surface area contributed by atoms with Gasteiger partial charge in [-0.25, -0.2) is 22.2 Å². The topological polar surface area (TPSA) is 104 Å². The van der Waals surface area contributed by atoms with Crippen molar-refractivity contribution < 1.29 is 26.7 Å². The lowest BCUT2D eigenvalue weighted by Gasteiger charge is -2.38. The number of carbonyl (C=O) groups excluding carboxylic acids is 1. The number of pyridine rings is 1. The van der Waals surface area contributed by atoms with Crippen LogP contribution in [0.3, 0.4) is 0 Å². The third kappa shape index (κ3) is 5.62. The number of carbonyl (C=O) groups is 1. The number of aromatic nitrogens is 2. The quantitative estimate of drug-likeness (QED) is 0.412. The molecule has 1 aromatic carbocycles. The Kier molecular flexibility index (Phi) is 7.96. The number of halogens is 2. The van der Waals surface area contributed by atoms with E-state index >= 15 is 4.39 Å². The summed E-state index contributed by atoms with van der Waals surface area (Å²) in [7, 11) is -2.15. The Morgan fingerprint density at radius 1 is 1.18 bits per heavy atom. The molecule has 1 aliphatic carbocycles. The van der Waals surface area contributed by atoms with Crippen molar-refractivity contribution in [1.82, 2.24) is 19.6 Å². The fraction of sp³-hybridized carbons (Fsp3) is 0.448. The number of amides is 1. The monoisotopic (exact) mass is 572 g/mol. The Morgan fingerprint density at radius 2 is 1.93 bits per heavy atom. The van der Waals surface area contributed by atoms with Crippen LogP contribution in [0.1, 0.15) is 51.6 Å². The van der Waals surface area contributed by atoms with Gasteiger partial charge in [-0.15, -0.1) is 0 Å². The van der Waals surface area contributed by atoms with E-state index in [9.17, 15) is 17.6 Å². The fourth-order valence-corrected chi connectivity index (χ4v) is 6.36.